The van der Waals surface area contributed by atoms with Crippen LogP contribution in [0.25, 0.3) is 0 Å². The molecule has 1 aromatic carbocycles. The topological polar surface area (TPSA) is 24.9 Å². The second kappa shape index (κ2) is 8.18. The molecule has 1 aromatic heterocycles. The maximum atomic E-state index is 6.37. The molecule has 2 aromatic rings. The van der Waals surface area contributed by atoms with Crippen LogP contribution >= 0.6 is 39.3 Å². The Morgan fingerprint density at radius 3 is 2.71 bits per heavy atom. The Labute approximate surface area is 143 Å². The molecular weight excluding hydrogens is 368 g/mol. The lowest BCUT2D eigenvalue weighted by atomic mass is 10.2. The summed E-state index contributed by atoms with van der Waals surface area (Å²) < 4.78 is 0.976. The molecule has 5 heteroatoms. The van der Waals surface area contributed by atoms with E-state index in [1.807, 2.05) is 18.2 Å². The Morgan fingerprint density at radius 1 is 1.29 bits per heavy atom. The van der Waals surface area contributed by atoms with Gasteiger partial charge in [0.05, 0.1) is 5.02 Å². The van der Waals surface area contributed by atoms with E-state index < -0.39 is 0 Å². The first-order valence-electron chi connectivity index (χ1n) is 6.83. The fourth-order valence-electron chi connectivity index (χ4n) is 1.78. The largest absolute Gasteiger partial charge is 0.312 e. The van der Waals surface area contributed by atoms with Crippen LogP contribution in [0.2, 0.25) is 5.02 Å². The summed E-state index contributed by atoms with van der Waals surface area (Å²) in [4.78, 5) is 5.38. The fourth-order valence-corrected chi connectivity index (χ4v) is 3.09. The lowest BCUT2D eigenvalue weighted by Gasteiger charge is -2.09. The van der Waals surface area contributed by atoms with Crippen molar-refractivity contribution in [3.63, 3.8) is 0 Å². The van der Waals surface area contributed by atoms with Gasteiger partial charge in [0, 0.05) is 22.1 Å². The van der Waals surface area contributed by atoms with Crippen molar-refractivity contribution in [1.82, 2.24) is 10.3 Å². The number of hydrogen-bond acceptors (Lipinski definition) is 3. The van der Waals surface area contributed by atoms with Gasteiger partial charge in [-0.2, -0.15) is 0 Å². The normalized spacial score (nSPS) is 11.1. The van der Waals surface area contributed by atoms with E-state index in [0.29, 0.717) is 5.92 Å². The van der Waals surface area contributed by atoms with E-state index in [-0.39, 0.29) is 0 Å². The van der Waals surface area contributed by atoms with Crippen LogP contribution < -0.4 is 5.32 Å². The lowest BCUT2D eigenvalue weighted by Crippen LogP contribution is -2.18. The van der Waals surface area contributed by atoms with Crippen molar-refractivity contribution in [2.45, 2.75) is 30.3 Å². The SMILES string of the molecule is CC(C)CNCc1ccc(Sc2ccc(Br)cn2)c(Cl)c1. The van der Waals surface area contributed by atoms with Crippen LogP contribution in [-0.2, 0) is 6.54 Å². The zero-order valence-electron chi connectivity index (χ0n) is 12.1. The first-order chi connectivity index (χ1) is 10.0. The van der Waals surface area contributed by atoms with E-state index in [4.69, 9.17) is 11.6 Å². The van der Waals surface area contributed by atoms with Crippen LogP contribution in [0.1, 0.15) is 19.4 Å². The van der Waals surface area contributed by atoms with Crippen molar-refractivity contribution in [3.05, 3.63) is 51.6 Å². The van der Waals surface area contributed by atoms with Gasteiger partial charge in [0.1, 0.15) is 5.03 Å². The van der Waals surface area contributed by atoms with Crippen molar-refractivity contribution in [2.24, 2.45) is 5.92 Å². The molecule has 0 fully saturated rings. The van der Waals surface area contributed by atoms with Gasteiger partial charge in [-0.15, -0.1) is 0 Å². The number of halogens is 2. The van der Waals surface area contributed by atoms with E-state index in [0.717, 1.165) is 32.5 Å². The summed E-state index contributed by atoms with van der Waals surface area (Å²) in [6.07, 6.45) is 1.79. The molecule has 1 heterocycles. The Kier molecular flexibility index (Phi) is 6.55. The number of benzene rings is 1. The molecule has 0 saturated carbocycles. The number of aromatic nitrogens is 1. The van der Waals surface area contributed by atoms with Crippen molar-refractivity contribution in [2.75, 3.05) is 6.54 Å². The maximum Gasteiger partial charge on any atom is 0.101 e. The second-order valence-electron chi connectivity index (χ2n) is 5.21. The molecule has 0 saturated heterocycles. The molecule has 0 aliphatic carbocycles. The van der Waals surface area contributed by atoms with Crippen molar-refractivity contribution in [3.8, 4) is 0 Å². The Bertz CT molecular complexity index is 587. The van der Waals surface area contributed by atoms with E-state index in [2.05, 4.69) is 52.2 Å². The van der Waals surface area contributed by atoms with Gasteiger partial charge in [0.25, 0.3) is 0 Å². The average molecular weight is 386 g/mol. The van der Waals surface area contributed by atoms with E-state index in [9.17, 15) is 0 Å². The minimum absolute atomic E-state index is 0.652. The van der Waals surface area contributed by atoms with Crippen LogP contribution in [0.4, 0.5) is 0 Å². The zero-order chi connectivity index (χ0) is 15.2. The lowest BCUT2D eigenvalue weighted by molar-refractivity contribution is 0.552. The number of nitrogens with zero attached hydrogens (tertiary/aromatic N) is 1. The number of hydrogen-bond donors (Lipinski definition) is 1. The van der Waals surface area contributed by atoms with E-state index in [1.54, 1.807) is 18.0 Å². The molecule has 21 heavy (non-hydrogen) atoms. The molecule has 1 N–H and O–H groups in total. The highest BCUT2D eigenvalue weighted by molar-refractivity contribution is 9.10. The quantitative estimate of drug-likeness (QED) is 0.721. The summed E-state index contributed by atoms with van der Waals surface area (Å²) in [5.74, 6) is 0.652. The Balaban J connectivity index is 2.00. The van der Waals surface area contributed by atoms with Gasteiger partial charge in [0.15, 0.2) is 0 Å². The molecular formula is C16H18BrClN2S. The van der Waals surface area contributed by atoms with Gasteiger partial charge >= 0.3 is 0 Å². The van der Waals surface area contributed by atoms with Gasteiger partial charge in [0.2, 0.25) is 0 Å². The first-order valence-corrected chi connectivity index (χ1v) is 8.82. The first kappa shape index (κ1) is 16.8. The molecule has 0 radical (unpaired) electrons. The molecule has 0 aliphatic rings. The third-order valence-corrected chi connectivity index (χ3v) is 4.71. The summed E-state index contributed by atoms with van der Waals surface area (Å²) >= 11 is 11.3. The second-order valence-corrected chi connectivity index (χ2v) is 7.59. The predicted octanol–water partition coefficient (Wildman–Crippen LogP) is 5.39. The molecule has 2 rings (SSSR count). The third-order valence-electron chi connectivity index (χ3n) is 2.79. The maximum absolute atomic E-state index is 6.37. The molecule has 0 aliphatic heterocycles. The highest BCUT2D eigenvalue weighted by Crippen LogP contribution is 2.33. The minimum Gasteiger partial charge on any atom is -0.312 e. The summed E-state index contributed by atoms with van der Waals surface area (Å²) in [5, 5.41) is 5.13. The smallest absolute Gasteiger partial charge is 0.101 e. The van der Waals surface area contributed by atoms with Gasteiger partial charge < -0.3 is 5.32 Å². The summed E-state index contributed by atoms with van der Waals surface area (Å²) in [7, 11) is 0. The fraction of sp³-hybridized carbons (Fsp3) is 0.312. The summed E-state index contributed by atoms with van der Waals surface area (Å²) in [6, 6.07) is 10.1. The third kappa shape index (κ3) is 5.62. The van der Waals surface area contributed by atoms with Gasteiger partial charge in [-0.3, -0.25) is 0 Å². The standard InChI is InChI=1S/C16H18BrClN2S/c1-11(2)8-19-9-12-3-5-15(14(18)7-12)21-16-6-4-13(17)10-20-16/h3-7,10-11,19H,8-9H2,1-2H3. The average Bonchev–Trinajstić information content (AvgIpc) is 2.44. The van der Waals surface area contributed by atoms with Crippen LogP contribution in [-0.4, -0.2) is 11.5 Å². The van der Waals surface area contributed by atoms with Gasteiger partial charge in [-0.25, -0.2) is 4.98 Å². The van der Waals surface area contributed by atoms with E-state index in [1.165, 1.54) is 5.56 Å². The predicted molar refractivity (Wildman–Crippen MR) is 94.1 cm³/mol. The Hall–Kier alpha value is -0.550. The van der Waals surface area contributed by atoms with E-state index >= 15 is 0 Å². The number of pyridine rings is 1. The highest BCUT2D eigenvalue weighted by Gasteiger charge is 2.05. The zero-order valence-corrected chi connectivity index (χ0v) is 15.2. The summed E-state index contributed by atoms with van der Waals surface area (Å²) in [6.45, 7) is 6.26. The molecule has 112 valence electrons. The van der Waals surface area contributed by atoms with Crippen molar-refractivity contribution >= 4 is 39.3 Å². The minimum atomic E-state index is 0.652. The van der Waals surface area contributed by atoms with Crippen molar-refractivity contribution < 1.29 is 0 Å². The number of rotatable bonds is 6. The molecule has 0 spiro atoms. The van der Waals surface area contributed by atoms with Crippen LogP contribution in [0, 0.1) is 5.92 Å². The van der Waals surface area contributed by atoms with Gasteiger partial charge in [-0.05, 0) is 58.2 Å². The van der Waals surface area contributed by atoms with Crippen LogP contribution in [0.5, 0.6) is 0 Å². The molecule has 0 atom stereocenters. The van der Waals surface area contributed by atoms with Crippen LogP contribution in [0.15, 0.2) is 50.9 Å². The monoisotopic (exact) mass is 384 g/mol. The van der Waals surface area contributed by atoms with Gasteiger partial charge in [-0.1, -0.05) is 43.3 Å². The number of nitrogens with one attached hydrogen (secondary N) is 1. The molecule has 0 bridgehead atoms. The molecule has 0 amide bonds. The summed E-state index contributed by atoms with van der Waals surface area (Å²) in [5.41, 5.74) is 1.20. The molecule has 2 nitrogen and oxygen atoms in total. The highest BCUT2D eigenvalue weighted by atomic mass is 79.9. The Morgan fingerprint density at radius 2 is 2.10 bits per heavy atom. The molecule has 0 unspecified atom stereocenters. The van der Waals surface area contributed by atoms with Crippen molar-refractivity contribution in [1.29, 1.82) is 0 Å². The van der Waals surface area contributed by atoms with Crippen LogP contribution in [0.3, 0.4) is 0 Å².